The van der Waals surface area contributed by atoms with Gasteiger partial charge in [0.15, 0.2) is 5.76 Å². The van der Waals surface area contributed by atoms with Crippen LogP contribution in [0, 0.1) is 0 Å². The van der Waals surface area contributed by atoms with Crippen molar-refractivity contribution in [3.63, 3.8) is 0 Å². The van der Waals surface area contributed by atoms with Crippen LogP contribution < -0.4 is 5.73 Å². The summed E-state index contributed by atoms with van der Waals surface area (Å²) in [4.78, 5) is 13.8. The van der Waals surface area contributed by atoms with Crippen LogP contribution in [0.2, 0.25) is 0 Å². The number of furan rings is 1. The first-order chi connectivity index (χ1) is 7.25. The van der Waals surface area contributed by atoms with E-state index in [2.05, 4.69) is 4.90 Å². The van der Waals surface area contributed by atoms with Gasteiger partial charge in [-0.15, -0.1) is 12.4 Å². The molecule has 1 saturated heterocycles. The zero-order valence-corrected chi connectivity index (χ0v) is 9.91. The van der Waals surface area contributed by atoms with E-state index < -0.39 is 0 Å². The van der Waals surface area contributed by atoms with Crippen molar-refractivity contribution in [2.24, 2.45) is 5.73 Å². The number of rotatable bonds is 3. The van der Waals surface area contributed by atoms with Crippen molar-refractivity contribution < 1.29 is 9.21 Å². The lowest BCUT2D eigenvalue weighted by Crippen LogP contribution is -2.44. The summed E-state index contributed by atoms with van der Waals surface area (Å²) in [6, 6.07) is 3.64. The zero-order chi connectivity index (χ0) is 10.7. The molecule has 4 nitrogen and oxygen atoms in total. The molecule has 0 amide bonds. The van der Waals surface area contributed by atoms with Crippen LogP contribution in [0.3, 0.4) is 0 Å². The second kappa shape index (κ2) is 6.03. The fourth-order valence-electron chi connectivity index (χ4n) is 1.95. The number of likely N-dealkylation sites (tertiary alicyclic amines) is 1. The summed E-state index contributed by atoms with van der Waals surface area (Å²) in [6.07, 6.45) is 3.66. The lowest BCUT2D eigenvalue weighted by Gasteiger charge is -2.29. The summed E-state index contributed by atoms with van der Waals surface area (Å²) in [5.74, 6) is 0.475. The van der Waals surface area contributed by atoms with Gasteiger partial charge in [-0.05, 0) is 31.5 Å². The maximum atomic E-state index is 11.7. The van der Waals surface area contributed by atoms with E-state index in [0.29, 0.717) is 12.3 Å². The fraction of sp³-hybridized carbons (Fsp3) is 0.545. The largest absolute Gasteiger partial charge is 0.461 e. The van der Waals surface area contributed by atoms with Gasteiger partial charge in [-0.3, -0.25) is 9.69 Å². The highest BCUT2D eigenvalue weighted by atomic mass is 35.5. The summed E-state index contributed by atoms with van der Waals surface area (Å²) in [5.41, 5.74) is 5.84. The Balaban J connectivity index is 0.00000128. The van der Waals surface area contributed by atoms with Crippen LogP contribution in [-0.4, -0.2) is 36.4 Å². The first kappa shape index (κ1) is 13.2. The van der Waals surface area contributed by atoms with Crippen molar-refractivity contribution in [2.75, 3.05) is 19.6 Å². The Morgan fingerprint density at radius 3 is 3.06 bits per heavy atom. The second-order valence-corrected chi connectivity index (χ2v) is 4.04. The molecule has 2 heterocycles. The molecular weight excluding hydrogens is 228 g/mol. The molecule has 1 unspecified atom stereocenters. The van der Waals surface area contributed by atoms with Gasteiger partial charge < -0.3 is 10.2 Å². The van der Waals surface area contributed by atoms with Gasteiger partial charge >= 0.3 is 0 Å². The number of carbonyl (C=O) groups is 1. The van der Waals surface area contributed by atoms with Gasteiger partial charge in [0.05, 0.1) is 12.8 Å². The molecule has 1 aromatic heterocycles. The lowest BCUT2D eigenvalue weighted by molar-refractivity contribution is 0.0881. The van der Waals surface area contributed by atoms with Crippen LogP contribution in [0.4, 0.5) is 0 Å². The van der Waals surface area contributed by atoms with Crippen LogP contribution in [0.5, 0.6) is 0 Å². The molecule has 16 heavy (non-hydrogen) atoms. The van der Waals surface area contributed by atoms with Crippen molar-refractivity contribution in [1.82, 2.24) is 4.90 Å². The third-order valence-corrected chi connectivity index (χ3v) is 2.71. The number of piperidine rings is 1. The van der Waals surface area contributed by atoms with Crippen LogP contribution in [0.1, 0.15) is 23.4 Å². The minimum Gasteiger partial charge on any atom is -0.461 e. The van der Waals surface area contributed by atoms with E-state index in [9.17, 15) is 4.79 Å². The maximum Gasteiger partial charge on any atom is 0.211 e. The third-order valence-electron chi connectivity index (χ3n) is 2.71. The Bertz CT molecular complexity index is 327. The molecule has 0 spiro atoms. The molecule has 5 heteroatoms. The topological polar surface area (TPSA) is 59.5 Å². The third kappa shape index (κ3) is 3.33. The molecule has 2 N–H and O–H groups in total. The highest BCUT2D eigenvalue weighted by Crippen LogP contribution is 2.10. The molecule has 0 bridgehead atoms. The molecule has 2 rings (SSSR count). The Labute approximate surface area is 101 Å². The molecule has 0 radical (unpaired) electrons. The summed E-state index contributed by atoms with van der Waals surface area (Å²) < 4.78 is 5.06. The molecule has 1 aliphatic heterocycles. The van der Waals surface area contributed by atoms with Gasteiger partial charge in [-0.2, -0.15) is 0 Å². The van der Waals surface area contributed by atoms with E-state index in [1.165, 1.54) is 6.26 Å². The Hall–Kier alpha value is -0.840. The second-order valence-electron chi connectivity index (χ2n) is 4.04. The van der Waals surface area contributed by atoms with Crippen molar-refractivity contribution >= 4 is 18.2 Å². The number of ketones is 1. The van der Waals surface area contributed by atoms with Crippen molar-refractivity contribution in [1.29, 1.82) is 0 Å². The average molecular weight is 245 g/mol. The monoisotopic (exact) mass is 244 g/mol. The first-order valence-corrected chi connectivity index (χ1v) is 5.30. The van der Waals surface area contributed by atoms with Crippen molar-refractivity contribution in [3.05, 3.63) is 24.2 Å². The van der Waals surface area contributed by atoms with Crippen LogP contribution in [0.25, 0.3) is 0 Å². The Kier molecular flexibility index (Phi) is 4.99. The van der Waals surface area contributed by atoms with Crippen molar-refractivity contribution in [3.8, 4) is 0 Å². The molecule has 0 aliphatic carbocycles. The molecule has 1 fully saturated rings. The number of Topliss-reactive ketones (excluding diaryl/α,β-unsaturated/α-hetero) is 1. The van der Waals surface area contributed by atoms with E-state index in [1.54, 1.807) is 12.1 Å². The number of halogens is 1. The first-order valence-electron chi connectivity index (χ1n) is 5.30. The quantitative estimate of drug-likeness (QED) is 0.815. The predicted molar refractivity (Wildman–Crippen MR) is 63.9 cm³/mol. The lowest BCUT2D eigenvalue weighted by atomic mass is 10.1. The maximum absolute atomic E-state index is 11.7. The van der Waals surface area contributed by atoms with Gasteiger partial charge in [0.25, 0.3) is 0 Å². The van der Waals surface area contributed by atoms with Gasteiger partial charge in [-0.25, -0.2) is 0 Å². The van der Waals surface area contributed by atoms with Crippen LogP contribution >= 0.6 is 12.4 Å². The summed E-state index contributed by atoms with van der Waals surface area (Å²) in [6.45, 7) is 2.19. The number of carbonyl (C=O) groups excluding carboxylic acids is 1. The highest BCUT2D eigenvalue weighted by Gasteiger charge is 2.20. The minimum atomic E-state index is 0. The van der Waals surface area contributed by atoms with Gasteiger partial charge in [0.1, 0.15) is 0 Å². The summed E-state index contributed by atoms with van der Waals surface area (Å²) >= 11 is 0. The van der Waals surface area contributed by atoms with E-state index in [4.69, 9.17) is 10.2 Å². The Morgan fingerprint density at radius 1 is 1.62 bits per heavy atom. The SMILES string of the molecule is Cl.NC1CCCN(CC(=O)c2ccco2)C1. The Morgan fingerprint density at radius 2 is 2.44 bits per heavy atom. The number of nitrogens with zero attached hydrogens (tertiary/aromatic N) is 1. The standard InChI is InChI=1S/C11H16N2O2.ClH/c12-9-3-1-5-13(7-9)8-10(14)11-4-2-6-15-11;/h2,4,6,9H,1,3,5,7-8,12H2;1H. The highest BCUT2D eigenvalue weighted by molar-refractivity contribution is 5.94. The molecule has 1 aliphatic rings. The van der Waals surface area contributed by atoms with Gasteiger partial charge in [0.2, 0.25) is 5.78 Å². The average Bonchev–Trinajstić information content (AvgIpc) is 2.70. The fourth-order valence-corrected chi connectivity index (χ4v) is 1.95. The van der Waals surface area contributed by atoms with Crippen LogP contribution in [0.15, 0.2) is 22.8 Å². The van der Waals surface area contributed by atoms with E-state index in [-0.39, 0.29) is 24.2 Å². The van der Waals surface area contributed by atoms with E-state index >= 15 is 0 Å². The number of hydrogen-bond acceptors (Lipinski definition) is 4. The summed E-state index contributed by atoms with van der Waals surface area (Å²) in [5, 5.41) is 0. The smallest absolute Gasteiger partial charge is 0.211 e. The molecule has 0 saturated carbocycles. The minimum absolute atomic E-state index is 0. The molecule has 1 aromatic rings. The van der Waals surface area contributed by atoms with Crippen LogP contribution in [-0.2, 0) is 0 Å². The van der Waals surface area contributed by atoms with Crippen molar-refractivity contribution in [2.45, 2.75) is 18.9 Å². The normalized spacial score (nSPS) is 21.4. The van der Waals surface area contributed by atoms with E-state index in [0.717, 1.165) is 25.9 Å². The molecule has 0 aromatic carbocycles. The molecular formula is C11H17ClN2O2. The van der Waals surface area contributed by atoms with Gasteiger partial charge in [0, 0.05) is 12.6 Å². The molecule has 1 atom stereocenters. The predicted octanol–water partition coefficient (Wildman–Crippen LogP) is 1.31. The van der Waals surface area contributed by atoms with Gasteiger partial charge in [-0.1, -0.05) is 0 Å². The summed E-state index contributed by atoms with van der Waals surface area (Å²) in [7, 11) is 0. The number of hydrogen-bond donors (Lipinski definition) is 1. The molecule has 90 valence electrons. The van der Waals surface area contributed by atoms with E-state index in [1.807, 2.05) is 0 Å². The zero-order valence-electron chi connectivity index (χ0n) is 9.09. The number of nitrogens with two attached hydrogens (primary N) is 1.